The summed E-state index contributed by atoms with van der Waals surface area (Å²) < 4.78 is 18.2. The van der Waals surface area contributed by atoms with Gasteiger partial charge < -0.3 is 18.8 Å². The Morgan fingerprint density at radius 1 is 1.14 bits per heavy atom. The number of carbonyl (C=O) groups excluding carboxylic acids is 1. The number of thiazole rings is 1. The van der Waals surface area contributed by atoms with Crippen LogP contribution < -0.4 is 9.47 Å². The van der Waals surface area contributed by atoms with Crippen LogP contribution in [0.5, 0.6) is 11.5 Å². The van der Waals surface area contributed by atoms with Gasteiger partial charge in [-0.2, -0.15) is 0 Å². The van der Waals surface area contributed by atoms with Crippen LogP contribution in [0.3, 0.4) is 0 Å². The third-order valence-corrected chi connectivity index (χ3v) is 5.58. The Labute approximate surface area is 168 Å². The van der Waals surface area contributed by atoms with Crippen LogP contribution in [0.2, 0.25) is 0 Å². The molecule has 0 aliphatic carbocycles. The van der Waals surface area contributed by atoms with E-state index in [4.69, 9.17) is 14.2 Å². The van der Waals surface area contributed by atoms with Crippen LogP contribution >= 0.6 is 11.3 Å². The van der Waals surface area contributed by atoms with Crippen LogP contribution in [0.25, 0.3) is 10.6 Å². The van der Waals surface area contributed by atoms with E-state index in [1.165, 1.54) is 11.3 Å². The van der Waals surface area contributed by atoms with Crippen molar-refractivity contribution in [2.75, 3.05) is 14.2 Å². The lowest BCUT2D eigenvalue weighted by Crippen LogP contribution is -2.07. The highest BCUT2D eigenvalue weighted by molar-refractivity contribution is 7.13. The van der Waals surface area contributed by atoms with Crippen LogP contribution in [0.1, 0.15) is 34.4 Å². The molecule has 2 heterocycles. The molecule has 0 fully saturated rings. The van der Waals surface area contributed by atoms with E-state index in [9.17, 15) is 4.79 Å². The summed E-state index contributed by atoms with van der Waals surface area (Å²) >= 11 is 1.49. The summed E-state index contributed by atoms with van der Waals surface area (Å²) in [6, 6.07) is 7.53. The molecular formula is C21H24N2O4S. The number of nitrogens with zero attached hydrogens (tertiary/aromatic N) is 2. The van der Waals surface area contributed by atoms with Gasteiger partial charge in [0.2, 0.25) is 0 Å². The molecule has 0 aliphatic rings. The molecule has 7 heteroatoms. The van der Waals surface area contributed by atoms with E-state index < -0.39 is 0 Å². The van der Waals surface area contributed by atoms with Gasteiger partial charge in [-0.15, -0.1) is 11.3 Å². The molecule has 3 aromatic rings. The van der Waals surface area contributed by atoms with Crippen molar-refractivity contribution >= 4 is 17.3 Å². The van der Waals surface area contributed by atoms with Gasteiger partial charge >= 0.3 is 5.97 Å². The first-order valence-corrected chi connectivity index (χ1v) is 9.87. The molecule has 0 saturated carbocycles. The zero-order valence-corrected chi connectivity index (χ0v) is 17.6. The predicted octanol–water partition coefficient (Wildman–Crippen LogP) is 4.62. The number of esters is 1. The predicted molar refractivity (Wildman–Crippen MR) is 109 cm³/mol. The van der Waals surface area contributed by atoms with Crippen molar-refractivity contribution in [1.29, 1.82) is 0 Å². The molecule has 0 spiro atoms. The van der Waals surface area contributed by atoms with Gasteiger partial charge in [0.05, 0.1) is 25.5 Å². The monoisotopic (exact) mass is 400 g/mol. The van der Waals surface area contributed by atoms with E-state index in [1.807, 2.05) is 43.5 Å². The first-order chi connectivity index (χ1) is 13.5. The van der Waals surface area contributed by atoms with Crippen LogP contribution in [0, 0.1) is 13.8 Å². The van der Waals surface area contributed by atoms with Crippen molar-refractivity contribution in [3.63, 3.8) is 0 Å². The Kier molecular flexibility index (Phi) is 6.04. The Balaban J connectivity index is 1.71. The average molecular weight is 401 g/mol. The van der Waals surface area contributed by atoms with Gasteiger partial charge in [-0.3, -0.25) is 0 Å². The summed E-state index contributed by atoms with van der Waals surface area (Å²) in [7, 11) is 3.20. The molecule has 0 saturated heterocycles. The largest absolute Gasteiger partial charge is 0.493 e. The highest BCUT2D eigenvalue weighted by Crippen LogP contribution is 2.33. The number of rotatable bonds is 7. The third kappa shape index (κ3) is 3.89. The summed E-state index contributed by atoms with van der Waals surface area (Å²) in [5.41, 5.74) is 4.22. The van der Waals surface area contributed by atoms with E-state index in [2.05, 4.69) is 16.5 Å². The van der Waals surface area contributed by atoms with E-state index >= 15 is 0 Å². The quantitative estimate of drug-likeness (QED) is 0.542. The second-order valence-corrected chi connectivity index (χ2v) is 7.18. The maximum absolute atomic E-state index is 12.5. The van der Waals surface area contributed by atoms with Gasteiger partial charge in [0.1, 0.15) is 11.6 Å². The maximum atomic E-state index is 12.5. The standard InChI is InChI=1S/C21H24N2O4S/c1-6-23-13(2)9-17(14(23)3)21(24)27-11-16-12-28-20(22-16)15-7-8-18(25-4)19(10-15)26-5/h7-10,12H,6,11H2,1-5H3. The molecule has 0 N–H and O–H groups in total. The molecule has 0 unspecified atom stereocenters. The number of benzene rings is 1. The van der Waals surface area contributed by atoms with Crippen molar-refractivity contribution in [2.45, 2.75) is 33.9 Å². The summed E-state index contributed by atoms with van der Waals surface area (Å²) in [6.07, 6.45) is 0. The van der Waals surface area contributed by atoms with Crippen LogP contribution in [0.15, 0.2) is 29.6 Å². The lowest BCUT2D eigenvalue weighted by molar-refractivity contribution is 0.0467. The number of aryl methyl sites for hydroxylation is 1. The lowest BCUT2D eigenvalue weighted by Gasteiger charge is -2.08. The summed E-state index contributed by atoms with van der Waals surface area (Å²) in [5.74, 6) is 0.990. The van der Waals surface area contributed by atoms with Gasteiger partial charge in [0.15, 0.2) is 11.5 Å². The van der Waals surface area contributed by atoms with E-state index in [0.29, 0.717) is 22.8 Å². The summed E-state index contributed by atoms with van der Waals surface area (Å²) in [6.45, 7) is 6.94. The molecule has 148 valence electrons. The van der Waals surface area contributed by atoms with Crippen LogP contribution in [-0.2, 0) is 17.9 Å². The zero-order chi connectivity index (χ0) is 20.3. The minimum Gasteiger partial charge on any atom is -0.493 e. The first kappa shape index (κ1) is 19.9. The lowest BCUT2D eigenvalue weighted by atomic mass is 10.2. The highest BCUT2D eigenvalue weighted by Gasteiger charge is 2.17. The smallest absolute Gasteiger partial charge is 0.340 e. The Morgan fingerprint density at radius 2 is 1.89 bits per heavy atom. The van der Waals surface area contributed by atoms with Crippen molar-refractivity contribution in [3.05, 3.63) is 52.3 Å². The zero-order valence-electron chi connectivity index (χ0n) is 16.7. The summed E-state index contributed by atoms with van der Waals surface area (Å²) in [4.78, 5) is 17.0. The molecular weight excluding hydrogens is 376 g/mol. The van der Waals surface area contributed by atoms with Crippen molar-refractivity contribution < 1.29 is 19.0 Å². The molecule has 0 bridgehead atoms. The van der Waals surface area contributed by atoms with Crippen molar-refractivity contribution in [2.24, 2.45) is 0 Å². The average Bonchev–Trinajstić information content (AvgIpc) is 3.29. The topological polar surface area (TPSA) is 62.6 Å². The fraction of sp³-hybridized carbons (Fsp3) is 0.333. The second kappa shape index (κ2) is 8.48. The number of carbonyl (C=O) groups is 1. The van der Waals surface area contributed by atoms with Gasteiger partial charge in [-0.1, -0.05) is 0 Å². The fourth-order valence-corrected chi connectivity index (χ4v) is 3.99. The molecule has 0 aliphatic heterocycles. The molecule has 3 rings (SSSR count). The molecule has 1 aromatic carbocycles. The number of hydrogen-bond acceptors (Lipinski definition) is 6. The number of aromatic nitrogens is 2. The summed E-state index contributed by atoms with van der Waals surface area (Å²) in [5, 5.41) is 2.73. The molecule has 28 heavy (non-hydrogen) atoms. The number of ether oxygens (including phenoxy) is 3. The minimum atomic E-state index is -0.325. The third-order valence-electron chi connectivity index (χ3n) is 4.64. The van der Waals surface area contributed by atoms with Crippen molar-refractivity contribution in [3.8, 4) is 22.1 Å². The first-order valence-electron chi connectivity index (χ1n) is 8.99. The molecule has 0 atom stereocenters. The van der Waals surface area contributed by atoms with Gasteiger partial charge in [0.25, 0.3) is 0 Å². The fourth-order valence-electron chi connectivity index (χ4n) is 3.19. The molecule has 6 nitrogen and oxygen atoms in total. The Morgan fingerprint density at radius 3 is 2.54 bits per heavy atom. The second-order valence-electron chi connectivity index (χ2n) is 6.32. The Hall–Kier alpha value is -2.80. The number of hydrogen-bond donors (Lipinski definition) is 0. The van der Waals surface area contributed by atoms with E-state index in [1.54, 1.807) is 14.2 Å². The van der Waals surface area contributed by atoms with E-state index in [0.717, 1.165) is 28.5 Å². The normalized spacial score (nSPS) is 10.8. The Bertz CT molecular complexity index is 990. The number of methoxy groups -OCH3 is 2. The molecule has 0 amide bonds. The van der Waals surface area contributed by atoms with Gasteiger partial charge in [0, 0.05) is 28.9 Å². The van der Waals surface area contributed by atoms with Crippen LogP contribution in [-0.4, -0.2) is 29.7 Å². The van der Waals surface area contributed by atoms with Crippen molar-refractivity contribution in [1.82, 2.24) is 9.55 Å². The van der Waals surface area contributed by atoms with Gasteiger partial charge in [-0.25, -0.2) is 9.78 Å². The molecule has 0 radical (unpaired) electrons. The highest BCUT2D eigenvalue weighted by atomic mass is 32.1. The van der Waals surface area contributed by atoms with E-state index in [-0.39, 0.29) is 12.6 Å². The SMILES string of the molecule is CCn1c(C)cc(C(=O)OCc2csc(-c3ccc(OC)c(OC)c3)n2)c1C. The molecule has 2 aromatic heterocycles. The minimum absolute atomic E-state index is 0.137. The maximum Gasteiger partial charge on any atom is 0.340 e. The van der Waals surface area contributed by atoms with Gasteiger partial charge in [-0.05, 0) is 45.0 Å². The van der Waals surface area contributed by atoms with Crippen LogP contribution in [0.4, 0.5) is 0 Å².